The molecule has 0 saturated heterocycles. The van der Waals surface area contributed by atoms with Crippen molar-refractivity contribution in [1.82, 2.24) is 16.0 Å². The highest BCUT2D eigenvalue weighted by atomic mass is 16.6. The fourth-order valence-electron chi connectivity index (χ4n) is 1.13. The molecule has 0 aliphatic heterocycles. The minimum Gasteiger partial charge on any atom is -0.444 e. The normalized spacial score (nSPS) is 11.3. The monoisotopic (exact) mass is 245 g/mol. The lowest BCUT2D eigenvalue weighted by atomic mass is 10.2. The van der Waals surface area contributed by atoms with Crippen molar-refractivity contribution in [2.75, 3.05) is 26.3 Å². The Labute approximate surface area is 105 Å². The van der Waals surface area contributed by atoms with E-state index in [0.717, 1.165) is 19.8 Å². The van der Waals surface area contributed by atoms with Crippen molar-refractivity contribution < 1.29 is 9.53 Å². The minimum atomic E-state index is -0.431. The number of alkyl carbamates (subject to hydrolysis) is 1. The SMILES string of the molecule is CCCCNCNCCNC(=O)OC(C)(C)C. The van der Waals surface area contributed by atoms with Gasteiger partial charge >= 0.3 is 6.09 Å². The molecule has 0 rings (SSSR count). The summed E-state index contributed by atoms with van der Waals surface area (Å²) in [5, 5.41) is 9.13. The maximum atomic E-state index is 11.3. The largest absolute Gasteiger partial charge is 0.444 e. The molecule has 0 aliphatic rings. The van der Waals surface area contributed by atoms with Crippen LogP contribution in [0.3, 0.4) is 0 Å². The van der Waals surface area contributed by atoms with Crippen LogP contribution < -0.4 is 16.0 Å². The molecule has 102 valence electrons. The van der Waals surface area contributed by atoms with Gasteiger partial charge in [-0.25, -0.2) is 4.79 Å². The van der Waals surface area contributed by atoms with Crippen molar-refractivity contribution >= 4 is 6.09 Å². The summed E-state index contributed by atoms with van der Waals surface area (Å²) in [7, 11) is 0. The van der Waals surface area contributed by atoms with Gasteiger partial charge in [-0.2, -0.15) is 0 Å². The average Bonchev–Trinajstić information content (AvgIpc) is 2.19. The molecular formula is C12H27N3O2. The topological polar surface area (TPSA) is 62.4 Å². The molecule has 0 aromatic heterocycles. The van der Waals surface area contributed by atoms with E-state index in [1.54, 1.807) is 0 Å². The molecule has 17 heavy (non-hydrogen) atoms. The summed E-state index contributed by atoms with van der Waals surface area (Å²) in [4.78, 5) is 11.3. The second-order valence-electron chi connectivity index (χ2n) is 4.96. The van der Waals surface area contributed by atoms with E-state index < -0.39 is 5.60 Å². The van der Waals surface area contributed by atoms with Crippen LogP contribution in [-0.4, -0.2) is 38.0 Å². The molecule has 3 N–H and O–H groups in total. The molecule has 0 aromatic carbocycles. The van der Waals surface area contributed by atoms with Crippen LogP contribution in [0.2, 0.25) is 0 Å². The lowest BCUT2D eigenvalue weighted by Gasteiger charge is -2.19. The summed E-state index contributed by atoms with van der Waals surface area (Å²) >= 11 is 0. The van der Waals surface area contributed by atoms with E-state index in [9.17, 15) is 4.79 Å². The highest BCUT2D eigenvalue weighted by Crippen LogP contribution is 2.05. The maximum Gasteiger partial charge on any atom is 0.407 e. The van der Waals surface area contributed by atoms with Gasteiger partial charge in [-0.1, -0.05) is 13.3 Å². The number of amides is 1. The highest BCUT2D eigenvalue weighted by Gasteiger charge is 2.15. The highest BCUT2D eigenvalue weighted by molar-refractivity contribution is 5.67. The summed E-state index contributed by atoms with van der Waals surface area (Å²) in [5.41, 5.74) is -0.431. The van der Waals surface area contributed by atoms with Crippen LogP contribution in [-0.2, 0) is 4.74 Å². The second-order valence-corrected chi connectivity index (χ2v) is 4.96. The Morgan fingerprint density at radius 2 is 1.76 bits per heavy atom. The molecule has 0 unspecified atom stereocenters. The lowest BCUT2D eigenvalue weighted by Crippen LogP contribution is -2.38. The predicted molar refractivity (Wildman–Crippen MR) is 70.0 cm³/mol. The molecule has 0 bridgehead atoms. The third kappa shape index (κ3) is 13.1. The van der Waals surface area contributed by atoms with Gasteiger partial charge in [-0.05, 0) is 33.7 Å². The number of ether oxygens (including phenoxy) is 1. The Bertz CT molecular complexity index is 202. The van der Waals surface area contributed by atoms with Gasteiger partial charge < -0.3 is 20.7 Å². The summed E-state index contributed by atoms with van der Waals surface area (Å²) in [5.74, 6) is 0. The van der Waals surface area contributed by atoms with Crippen molar-refractivity contribution in [1.29, 1.82) is 0 Å². The van der Waals surface area contributed by atoms with Gasteiger partial charge in [0.15, 0.2) is 0 Å². The third-order valence-electron chi connectivity index (χ3n) is 1.93. The minimum absolute atomic E-state index is 0.363. The Morgan fingerprint density at radius 3 is 2.35 bits per heavy atom. The summed E-state index contributed by atoms with van der Waals surface area (Å²) < 4.78 is 5.10. The number of hydrogen-bond acceptors (Lipinski definition) is 4. The fraction of sp³-hybridized carbons (Fsp3) is 0.917. The van der Waals surface area contributed by atoms with Gasteiger partial charge in [-0.15, -0.1) is 0 Å². The van der Waals surface area contributed by atoms with Crippen molar-refractivity contribution in [3.8, 4) is 0 Å². The zero-order chi connectivity index (χ0) is 13.1. The molecule has 0 spiro atoms. The quantitative estimate of drug-likeness (QED) is 0.447. The first-order valence-corrected chi connectivity index (χ1v) is 6.34. The molecule has 1 amide bonds. The molecule has 5 nitrogen and oxygen atoms in total. The molecule has 0 atom stereocenters. The number of carbonyl (C=O) groups excluding carboxylic acids is 1. The van der Waals surface area contributed by atoms with E-state index in [1.807, 2.05) is 20.8 Å². The molecule has 0 radical (unpaired) electrons. The Kier molecular flexibility index (Phi) is 8.80. The molecule has 0 fully saturated rings. The van der Waals surface area contributed by atoms with Crippen LogP contribution in [0.1, 0.15) is 40.5 Å². The van der Waals surface area contributed by atoms with Crippen molar-refractivity contribution in [3.05, 3.63) is 0 Å². The van der Waals surface area contributed by atoms with Crippen molar-refractivity contribution in [2.24, 2.45) is 0 Å². The van der Waals surface area contributed by atoms with Gasteiger partial charge in [0.2, 0.25) is 0 Å². The number of carbonyl (C=O) groups is 1. The molecule has 0 saturated carbocycles. The van der Waals surface area contributed by atoms with Gasteiger partial charge in [0.25, 0.3) is 0 Å². The van der Waals surface area contributed by atoms with Crippen LogP contribution in [0.25, 0.3) is 0 Å². The van der Waals surface area contributed by atoms with E-state index in [2.05, 4.69) is 22.9 Å². The van der Waals surface area contributed by atoms with E-state index >= 15 is 0 Å². The van der Waals surface area contributed by atoms with Gasteiger partial charge in [0.05, 0.1) is 0 Å². The van der Waals surface area contributed by atoms with E-state index in [-0.39, 0.29) is 6.09 Å². The molecule has 0 aliphatic carbocycles. The van der Waals surface area contributed by atoms with Crippen molar-refractivity contribution in [3.63, 3.8) is 0 Å². The second kappa shape index (κ2) is 9.24. The van der Waals surface area contributed by atoms with Crippen LogP contribution in [0.5, 0.6) is 0 Å². The Morgan fingerprint density at radius 1 is 1.12 bits per heavy atom. The first-order valence-electron chi connectivity index (χ1n) is 6.34. The number of unbranched alkanes of at least 4 members (excludes halogenated alkanes) is 1. The van der Waals surface area contributed by atoms with Crippen LogP contribution >= 0.6 is 0 Å². The number of nitrogens with one attached hydrogen (secondary N) is 3. The fourth-order valence-corrected chi connectivity index (χ4v) is 1.13. The van der Waals surface area contributed by atoms with Crippen LogP contribution in [0.15, 0.2) is 0 Å². The number of hydrogen-bond donors (Lipinski definition) is 3. The average molecular weight is 245 g/mol. The summed E-state index contributed by atoms with van der Waals surface area (Å²) in [6, 6.07) is 0. The maximum absolute atomic E-state index is 11.3. The Hall–Kier alpha value is -0.810. The Balaban J connectivity index is 3.25. The van der Waals surface area contributed by atoms with Gasteiger partial charge in [0, 0.05) is 19.8 Å². The lowest BCUT2D eigenvalue weighted by molar-refractivity contribution is 0.0528. The van der Waals surface area contributed by atoms with Crippen LogP contribution in [0.4, 0.5) is 4.79 Å². The zero-order valence-electron chi connectivity index (χ0n) is 11.6. The summed E-state index contributed by atoms with van der Waals surface area (Å²) in [6.07, 6.45) is 2.03. The van der Waals surface area contributed by atoms with Gasteiger partial charge in [0.1, 0.15) is 5.60 Å². The van der Waals surface area contributed by atoms with E-state index in [4.69, 9.17) is 4.74 Å². The third-order valence-corrected chi connectivity index (χ3v) is 1.93. The van der Waals surface area contributed by atoms with Crippen LogP contribution in [0, 0.1) is 0 Å². The number of rotatable bonds is 8. The smallest absolute Gasteiger partial charge is 0.407 e. The van der Waals surface area contributed by atoms with E-state index in [1.165, 1.54) is 12.8 Å². The van der Waals surface area contributed by atoms with E-state index in [0.29, 0.717) is 6.54 Å². The molecule has 0 aromatic rings. The first kappa shape index (κ1) is 16.2. The first-order chi connectivity index (χ1) is 7.95. The molecule has 0 heterocycles. The zero-order valence-corrected chi connectivity index (χ0v) is 11.6. The summed E-state index contributed by atoms with van der Waals surface area (Å²) in [6.45, 7) is 10.8. The van der Waals surface area contributed by atoms with Crippen molar-refractivity contribution in [2.45, 2.75) is 46.1 Å². The van der Waals surface area contributed by atoms with Gasteiger partial charge in [-0.3, -0.25) is 0 Å². The predicted octanol–water partition coefficient (Wildman–Crippen LogP) is 1.45. The standard InChI is InChI=1S/C12H27N3O2/c1-5-6-7-13-10-14-8-9-15-11(16)17-12(2,3)4/h13-14H,5-10H2,1-4H3,(H,15,16). The molecule has 5 heteroatoms. The molecular weight excluding hydrogens is 218 g/mol.